The lowest BCUT2D eigenvalue weighted by molar-refractivity contribution is 0.137. The van der Waals surface area contributed by atoms with Gasteiger partial charge in [-0.15, -0.1) is 12.4 Å². The van der Waals surface area contributed by atoms with E-state index in [0.717, 1.165) is 18.7 Å². The van der Waals surface area contributed by atoms with Crippen molar-refractivity contribution in [3.8, 4) is 0 Å². The lowest BCUT2D eigenvalue weighted by Gasteiger charge is -2.22. The van der Waals surface area contributed by atoms with Crippen LogP contribution in [0.15, 0.2) is 30.3 Å². The predicted molar refractivity (Wildman–Crippen MR) is 77.5 cm³/mol. The molecule has 1 aliphatic heterocycles. The molecule has 19 heavy (non-hydrogen) atoms. The number of rotatable bonds is 4. The molecule has 1 aromatic carbocycles. The second-order valence-corrected chi connectivity index (χ2v) is 4.66. The van der Waals surface area contributed by atoms with Gasteiger partial charge in [-0.1, -0.05) is 30.3 Å². The highest BCUT2D eigenvalue weighted by molar-refractivity contribution is 5.85. The number of nitrogens with one attached hydrogen (secondary N) is 2. The number of carbonyl (C=O) groups is 1. The fourth-order valence-electron chi connectivity index (χ4n) is 2.10. The fourth-order valence-corrected chi connectivity index (χ4v) is 2.10. The van der Waals surface area contributed by atoms with E-state index in [1.807, 2.05) is 30.3 Å². The topological polar surface area (TPSA) is 50.4 Å². The molecule has 0 spiro atoms. The first-order chi connectivity index (χ1) is 8.84. The van der Waals surface area contributed by atoms with Crippen molar-refractivity contribution in [2.45, 2.75) is 19.4 Å². The predicted octanol–water partition coefficient (Wildman–Crippen LogP) is 2.33. The number of piperidine rings is 1. The molecule has 106 valence electrons. The number of ether oxygens (including phenoxy) is 1. The molecule has 1 aromatic rings. The van der Waals surface area contributed by atoms with E-state index in [1.54, 1.807) is 0 Å². The quantitative estimate of drug-likeness (QED) is 0.892. The molecule has 1 saturated heterocycles. The van der Waals surface area contributed by atoms with Crippen molar-refractivity contribution in [1.82, 2.24) is 10.6 Å². The zero-order valence-electron chi connectivity index (χ0n) is 10.9. The SMILES string of the molecule is Cl.O=C(NCC1CCCNC1)OCc1ccccc1. The lowest BCUT2D eigenvalue weighted by Crippen LogP contribution is -2.38. The molecule has 0 radical (unpaired) electrons. The highest BCUT2D eigenvalue weighted by atomic mass is 35.5. The highest BCUT2D eigenvalue weighted by Gasteiger charge is 2.14. The number of alkyl carbamates (subject to hydrolysis) is 1. The summed E-state index contributed by atoms with van der Waals surface area (Å²) < 4.78 is 5.15. The molecule has 0 saturated carbocycles. The van der Waals surface area contributed by atoms with Crippen LogP contribution in [0.25, 0.3) is 0 Å². The normalized spacial score (nSPS) is 18.2. The molecule has 0 aliphatic carbocycles. The molecular weight excluding hydrogens is 264 g/mol. The first-order valence-electron chi connectivity index (χ1n) is 6.50. The third-order valence-corrected chi connectivity index (χ3v) is 3.15. The van der Waals surface area contributed by atoms with Gasteiger partial charge in [0.2, 0.25) is 0 Å². The van der Waals surface area contributed by atoms with Crippen molar-refractivity contribution in [2.75, 3.05) is 19.6 Å². The van der Waals surface area contributed by atoms with Crippen molar-refractivity contribution in [1.29, 1.82) is 0 Å². The summed E-state index contributed by atoms with van der Waals surface area (Å²) in [7, 11) is 0. The first-order valence-corrected chi connectivity index (χ1v) is 6.50. The van der Waals surface area contributed by atoms with Crippen molar-refractivity contribution in [3.05, 3.63) is 35.9 Å². The average Bonchev–Trinajstić information content (AvgIpc) is 2.45. The molecule has 0 bridgehead atoms. The van der Waals surface area contributed by atoms with Gasteiger partial charge in [-0.25, -0.2) is 4.79 Å². The Morgan fingerprint density at radius 2 is 2.16 bits per heavy atom. The van der Waals surface area contributed by atoms with Crippen LogP contribution in [0, 0.1) is 5.92 Å². The van der Waals surface area contributed by atoms with Crippen LogP contribution in [0.5, 0.6) is 0 Å². The maximum Gasteiger partial charge on any atom is 0.407 e. The van der Waals surface area contributed by atoms with E-state index in [-0.39, 0.29) is 18.5 Å². The van der Waals surface area contributed by atoms with Crippen LogP contribution in [0.1, 0.15) is 18.4 Å². The van der Waals surface area contributed by atoms with Crippen molar-refractivity contribution < 1.29 is 9.53 Å². The molecule has 2 rings (SSSR count). The maximum absolute atomic E-state index is 11.5. The van der Waals surface area contributed by atoms with Crippen molar-refractivity contribution >= 4 is 18.5 Å². The Kier molecular flexibility index (Phi) is 7.30. The molecule has 1 unspecified atom stereocenters. The maximum atomic E-state index is 11.5. The largest absolute Gasteiger partial charge is 0.445 e. The zero-order valence-corrected chi connectivity index (χ0v) is 11.7. The summed E-state index contributed by atoms with van der Waals surface area (Å²) in [6.45, 7) is 3.10. The van der Waals surface area contributed by atoms with E-state index in [1.165, 1.54) is 12.8 Å². The molecule has 1 amide bonds. The number of benzene rings is 1. The smallest absolute Gasteiger partial charge is 0.407 e. The molecule has 1 fully saturated rings. The molecule has 1 aliphatic rings. The van der Waals surface area contributed by atoms with Gasteiger partial charge in [0.1, 0.15) is 6.61 Å². The second-order valence-electron chi connectivity index (χ2n) is 4.66. The van der Waals surface area contributed by atoms with Gasteiger partial charge in [-0.05, 0) is 37.4 Å². The summed E-state index contributed by atoms with van der Waals surface area (Å²) in [5.41, 5.74) is 1.01. The summed E-state index contributed by atoms with van der Waals surface area (Å²) in [6, 6.07) is 9.70. The van der Waals surface area contributed by atoms with E-state index in [2.05, 4.69) is 10.6 Å². The minimum atomic E-state index is -0.329. The van der Waals surface area contributed by atoms with Gasteiger partial charge >= 0.3 is 6.09 Å². The monoisotopic (exact) mass is 284 g/mol. The average molecular weight is 285 g/mol. The summed E-state index contributed by atoms with van der Waals surface area (Å²) >= 11 is 0. The van der Waals surface area contributed by atoms with Crippen molar-refractivity contribution in [2.24, 2.45) is 5.92 Å². The molecule has 1 atom stereocenters. The Hall–Kier alpha value is -1.26. The van der Waals surface area contributed by atoms with E-state index in [4.69, 9.17) is 4.74 Å². The van der Waals surface area contributed by atoms with Crippen LogP contribution in [-0.4, -0.2) is 25.7 Å². The summed E-state index contributed by atoms with van der Waals surface area (Å²) in [5, 5.41) is 6.15. The Morgan fingerprint density at radius 1 is 1.37 bits per heavy atom. The number of carbonyl (C=O) groups excluding carboxylic acids is 1. The minimum absolute atomic E-state index is 0. The summed E-state index contributed by atoms with van der Waals surface area (Å²) in [4.78, 5) is 11.5. The molecule has 2 N–H and O–H groups in total. The third-order valence-electron chi connectivity index (χ3n) is 3.15. The Bertz CT molecular complexity index is 367. The second kappa shape index (κ2) is 8.77. The van der Waals surface area contributed by atoms with Crippen LogP contribution in [-0.2, 0) is 11.3 Å². The van der Waals surface area contributed by atoms with Gasteiger partial charge < -0.3 is 15.4 Å². The van der Waals surface area contributed by atoms with Crippen molar-refractivity contribution in [3.63, 3.8) is 0 Å². The van der Waals surface area contributed by atoms with Gasteiger partial charge in [0, 0.05) is 6.54 Å². The van der Waals surface area contributed by atoms with Gasteiger partial charge in [0.05, 0.1) is 0 Å². The van der Waals surface area contributed by atoms with Crippen LogP contribution in [0.4, 0.5) is 4.79 Å². The number of hydrogen-bond donors (Lipinski definition) is 2. The lowest BCUT2D eigenvalue weighted by atomic mass is 10.00. The Labute approximate surface area is 120 Å². The van der Waals surface area contributed by atoms with Crippen LogP contribution in [0.2, 0.25) is 0 Å². The molecule has 0 aromatic heterocycles. The Balaban J connectivity index is 0.00000180. The third kappa shape index (κ3) is 5.94. The van der Waals surface area contributed by atoms with Crippen LogP contribution in [0.3, 0.4) is 0 Å². The summed E-state index contributed by atoms with van der Waals surface area (Å²) in [5.74, 6) is 0.531. The Morgan fingerprint density at radius 3 is 2.84 bits per heavy atom. The number of amides is 1. The van der Waals surface area contributed by atoms with E-state index < -0.39 is 0 Å². The van der Waals surface area contributed by atoms with Gasteiger partial charge in [0.15, 0.2) is 0 Å². The molecule has 5 heteroatoms. The van der Waals surface area contributed by atoms with E-state index in [0.29, 0.717) is 19.1 Å². The minimum Gasteiger partial charge on any atom is -0.445 e. The number of halogens is 1. The number of hydrogen-bond acceptors (Lipinski definition) is 3. The molecular formula is C14H21ClN2O2. The van der Waals surface area contributed by atoms with Gasteiger partial charge in [-0.3, -0.25) is 0 Å². The zero-order chi connectivity index (χ0) is 12.6. The first kappa shape index (κ1) is 15.8. The molecule has 4 nitrogen and oxygen atoms in total. The fraction of sp³-hybridized carbons (Fsp3) is 0.500. The molecule has 1 heterocycles. The van der Waals surface area contributed by atoms with E-state index in [9.17, 15) is 4.79 Å². The van der Waals surface area contributed by atoms with Gasteiger partial charge in [0.25, 0.3) is 0 Å². The van der Waals surface area contributed by atoms with E-state index >= 15 is 0 Å². The van der Waals surface area contributed by atoms with Crippen LogP contribution >= 0.6 is 12.4 Å². The highest BCUT2D eigenvalue weighted by Crippen LogP contribution is 2.08. The van der Waals surface area contributed by atoms with Crippen LogP contribution < -0.4 is 10.6 Å². The van der Waals surface area contributed by atoms with Gasteiger partial charge in [-0.2, -0.15) is 0 Å². The summed E-state index contributed by atoms with van der Waals surface area (Å²) in [6.07, 6.45) is 2.03. The standard InChI is InChI=1S/C14H20N2O2.ClH/c17-14(16-10-13-7-4-8-15-9-13)18-11-12-5-2-1-3-6-12;/h1-3,5-6,13,15H,4,7-11H2,(H,16,17);1H.